The summed E-state index contributed by atoms with van der Waals surface area (Å²) in [5.41, 5.74) is 1.17. The van der Waals surface area contributed by atoms with E-state index in [2.05, 4.69) is 32.3 Å². The van der Waals surface area contributed by atoms with Gasteiger partial charge < -0.3 is 14.8 Å². The summed E-state index contributed by atoms with van der Waals surface area (Å²) in [6.45, 7) is 3.69. The van der Waals surface area contributed by atoms with Crippen LogP contribution in [-0.2, 0) is 11.3 Å². The molecule has 2 aromatic rings. The highest BCUT2D eigenvalue weighted by atomic mass is 16.5. The SMILES string of the molecule is COc1ccccc1CN1CC[C@@]2(C[C@H](Nc3ncccn3)CCO2)C1. The van der Waals surface area contributed by atoms with Crippen LogP contribution >= 0.6 is 0 Å². The van der Waals surface area contributed by atoms with Crippen LogP contribution in [0.1, 0.15) is 24.8 Å². The molecule has 0 aliphatic carbocycles. The van der Waals surface area contributed by atoms with Gasteiger partial charge in [0, 0.05) is 50.2 Å². The van der Waals surface area contributed by atoms with E-state index in [0.29, 0.717) is 12.0 Å². The van der Waals surface area contributed by atoms with Crippen molar-refractivity contribution in [3.8, 4) is 5.75 Å². The number of aromatic nitrogens is 2. The van der Waals surface area contributed by atoms with Gasteiger partial charge in [0.15, 0.2) is 0 Å². The van der Waals surface area contributed by atoms with E-state index in [1.165, 1.54) is 5.56 Å². The number of methoxy groups -OCH3 is 1. The van der Waals surface area contributed by atoms with E-state index >= 15 is 0 Å². The fourth-order valence-corrected chi connectivity index (χ4v) is 4.13. The predicted molar refractivity (Wildman–Crippen MR) is 100 cm³/mol. The standard InChI is InChI=1S/C20H26N4O2/c1-25-18-6-3-2-5-16(18)14-24-11-8-20(15-24)13-17(7-12-26-20)23-19-21-9-4-10-22-19/h2-6,9-10,17H,7-8,11-15H2,1H3,(H,21,22,23)/t17-,20-/m1/s1. The summed E-state index contributed by atoms with van der Waals surface area (Å²) in [7, 11) is 1.73. The van der Waals surface area contributed by atoms with Crippen molar-refractivity contribution in [3.05, 3.63) is 48.3 Å². The van der Waals surface area contributed by atoms with Crippen LogP contribution in [0.3, 0.4) is 0 Å². The van der Waals surface area contributed by atoms with Crippen molar-refractivity contribution < 1.29 is 9.47 Å². The molecule has 2 saturated heterocycles. The zero-order chi connectivity index (χ0) is 17.8. The molecule has 26 heavy (non-hydrogen) atoms. The maximum Gasteiger partial charge on any atom is 0.222 e. The highest BCUT2D eigenvalue weighted by Crippen LogP contribution is 2.36. The van der Waals surface area contributed by atoms with Crippen molar-refractivity contribution in [1.29, 1.82) is 0 Å². The molecule has 1 N–H and O–H groups in total. The Bertz CT molecular complexity index is 727. The molecule has 4 rings (SSSR count). The van der Waals surface area contributed by atoms with E-state index in [1.807, 2.05) is 18.2 Å². The second-order valence-electron chi connectivity index (χ2n) is 7.21. The molecule has 2 atom stereocenters. The Kier molecular flexibility index (Phi) is 5.04. The number of ether oxygens (including phenoxy) is 2. The third-order valence-corrected chi connectivity index (χ3v) is 5.37. The van der Waals surface area contributed by atoms with Gasteiger partial charge in [-0.1, -0.05) is 18.2 Å². The van der Waals surface area contributed by atoms with Gasteiger partial charge in [0.05, 0.1) is 12.7 Å². The second kappa shape index (κ2) is 7.60. The van der Waals surface area contributed by atoms with Crippen LogP contribution < -0.4 is 10.1 Å². The Labute approximate surface area is 154 Å². The van der Waals surface area contributed by atoms with Gasteiger partial charge in [-0.15, -0.1) is 0 Å². The topological polar surface area (TPSA) is 59.5 Å². The molecule has 0 saturated carbocycles. The number of hydrogen-bond acceptors (Lipinski definition) is 6. The van der Waals surface area contributed by atoms with Gasteiger partial charge in [-0.3, -0.25) is 4.90 Å². The lowest BCUT2D eigenvalue weighted by molar-refractivity contribution is -0.0737. The third kappa shape index (κ3) is 3.81. The van der Waals surface area contributed by atoms with E-state index in [4.69, 9.17) is 9.47 Å². The Morgan fingerprint density at radius 2 is 2.12 bits per heavy atom. The number of likely N-dealkylation sites (tertiary alicyclic amines) is 1. The summed E-state index contributed by atoms with van der Waals surface area (Å²) in [4.78, 5) is 11.1. The molecule has 1 aromatic heterocycles. The molecule has 1 spiro atoms. The molecular weight excluding hydrogens is 328 g/mol. The first-order chi connectivity index (χ1) is 12.8. The maximum atomic E-state index is 6.27. The fraction of sp³-hybridized carbons (Fsp3) is 0.500. The lowest BCUT2D eigenvalue weighted by atomic mass is 9.89. The van der Waals surface area contributed by atoms with Crippen molar-refractivity contribution in [2.45, 2.75) is 37.5 Å². The van der Waals surface area contributed by atoms with E-state index < -0.39 is 0 Å². The number of benzene rings is 1. The van der Waals surface area contributed by atoms with Gasteiger partial charge in [-0.05, 0) is 31.4 Å². The minimum Gasteiger partial charge on any atom is -0.496 e. The first-order valence-electron chi connectivity index (χ1n) is 9.28. The van der Waals surface area contributed by atoms with Crippen molar-refractivity contribution in [1.82, 2.24) is 14.9 Å². The average Bonchev–Trinajstić information content (AvgIpc) is 3.04. The highest BCUT2D eigenvalue weighted by Gasteiger charge is 2.43. The van der Waals surface area contributed by atoms with Gasteiger partial charge >= 0.3 is 0 Å². The molecule has 2 aliphatic rings. The zero-order valence-corrected chi connectivity index (χ0v) is 15.2. The number of para-hydroxylation sites is 1. The summed E-state index contributed by atoms with van der Waals surface area (Å²) >= 11 is 0. The number of anilines is 1. The molecule has 6 heteroatoms. The van der Waals surface area contributed by atoms with Gasteiger partial charge in [0.2, 0.25) is 5.95 Å². The molecule has 0 amide bonds. The quantitative estimate of drug-likeness (QED) is 0.891. The molecular formula is C20H26N4O2. The van der Waals surface area contributed by atoms with Crippen LogP contribution in [0, 0.1) is 0 Å². The van der Waals surface area contributed by atoms with Gasteiger partial charge in [-0.25, -0.2) is 9.97 Å². The van der Waals surface area contributed by atoms with Gasteiger partial charge in [0.25, 0.3) is 0 Å². The number of nitrogens with zero attached hydrogens (tertiary/aromatic N) is 3. The van der Waals surface area contributed by atoms with E-state index in [-0.39, 0.29) is 5.60 Å². The maximum absolute atomic E-state index is 6.27. The van der Waals surface area contributed by atoms with Crippen LogP contribution in [0.2, 0.25) is 0 Å². The number of rotatable bonds is 5. The third-order valence-electron chi connectivity index (χ3n) is 5.37. The Morgan fingerprint density at radius 1 is 1.27 bits per heavy atom. The van der Waals surface area contributed by atoms with Crippen LogP contribution in [-0.4, -0.2) is 53.3 Å². The molecule has 6 nitrogen and oxygen atoms in total. The van der Waals surface area contributed by atoms with E-state index in [1.54, 1.807) is 19.5 Å². The Balaban J connectivity index is 1.38. The van der Waals surface area contributed by atoms with Crippen LogP contribution in [0.15, 0.2) is 42.7 Å². The van der Waals surface area contributed by atoms with Crippen molar-refractivity contribution in [2.75, 3.05) is 32.1 Å². The minimum absolute atomic E-state index is 0.0628. The Hall–Kier alpha value is -2.18. The van der Waals surface area contributed by atoms with Crippen LogP contribution in [0.25, 0.3) is 0 Å². The first-order valence-corrected chi connectivity index (χ1v) is 9.28. The molecule has 0 unspecified atom stereocenters. The van der Waals surface area contributed by atoms with E-state index in [9.17, 15) is 0 Å². The molecule has 0 bridgehead atoms. The molecule has 0 radical (unpaired) electrons. The summed E-state index contributed by atoms with van der Waals surface area (Å²) in [5.74, 6) is 1.66. The van der Waals surface area contributed by atoms with Crippen LogP contribution in [0.4, 0.5) is 5.95 Å². The molecule has 3 heterocycles. The average molecular weight is 354 g/mol. The smallest absolute Gasteiger partial charge is 0.222 e. The minimum atomic E-state index is -0.0628. The van der Waals surface area contributed by atoms with Crippen molar-refractivity contribution in [3.63, 3.8) is 0 Å². The number of nitrogens with one attached hydrogen (secondary N) is 1. The highest BCUT2D eigenvalue weighted by molar-refractivity contribution is 5.33. The first kappa shape index (κ1) is 17.2. The molecule has 2 fully saturated rings. The lowest BCUT2D eigenvalue weighted by Gasteiger charge is -2.38. The van der Waals surface area contributed by atoms with E-state index in [0.717, 1.165) is 51.3 Å². The van der Waals surface area contributed by atoms with Crippen molar-refractivity contribution in [2.24, 2.45) is 0 Å². The molecule has 138 valence electrons. The fourth-order valence-electron chi connectivity index (χ4n) is 4.13. The predicted octanol–water partition coefficient (Wildman–Crippen LogP) is 2.72. The molecule has 1 aromatic carbocycles. The number of hydrogen-bond donors (Lipinski definition) is 1. The second-order valence-corrected chi connectivity index (χ2v) is 7.21. The lowest BCUT2D eigenvalue weighted by Crippen LogP contribution is -2.46. The van der Waals surface area contributed by atoms with Gasteiger partial charge in [0.1, 0.15) is 5.75 Å². The summed E-state index contributed by atoms with van der Waals surface area (Å²) < 4.78 is 11.8. The zero-order valence-electron chi connectivity index (χ0n) is 15.2. The Morgan fingerprint density at radius 3 is 2.96 bits per heavy atom. The van der Waals surface area contributed by atoms with Gasteiger partial charge in [-0.2, -0.15) is 0 Å². The largest absolute Gasteiger partial charge is 0.496 e. The monoisotopic (exact) mass is 354 g/mol. The van der Waals surface area contributed by atoms with Crippen LogP contribution in [0.5, 0.6) is 5.75 Å². The summed E-state index contributed by atoms with van der Waals surface area (Å²) in [5, 5.41) is 3.47. The summed E-state index contributed by atoms with van der Waals surface area (Å²) in [6.07, 6.45) is 6.60. The van der Waals surface area contributed by atoms with Crippen molar-refractivity contribution >= 4 is 5.95 Å². The summed E-state index contributed by atoms with van der Waals surface area (Å²) in [6, 6.07) is 10.4. The molecule has 2 aliphatic heterocycles. The normalized spacial score (nSPS) is 26.1.